The van der Waals surface area contributed by atoms with Crippen LogP contribution in [0.1, 0.15) is 31.8 Å². The van der Waals surface area contributed by atoms with Crippen LogP contribution in [0.4, 0.5) is 0 Å². The monoisotopic (exact) mass is 460 g/mol. The number of carbonyl (C=O) groups excluding carboxylic acids is 2. The fraction of sp³-hybridized carbons (Fsp3) is 0.185. The lowest BCUT2D eigenvalue weighted by atomic mass is 10.1. The second kappa shape index (κ2) is 9.70. The number of ketones is 2. The summed E-state index contributed by atoms with van der Waals surface area (Å²) in [5.74, 6) is 2.04. The zero-order valence-corrected chi connectivity index (χ0v) is 19.3. The van der Waals surface area contributed by atoms with Gasteiger partial charge in [0.1, 0.15) is 11.5 Å². The first kappa shape index (κ1) is 22.9. The van der Waals surface area contributed by atoms with E-state index in [0.717, 1.165) is 0 Å². The average Bonchev–Trinajstić information content (AvgIpc) is 3.19. The highest BCUT2D eigenvalue weighted by atomic mass is 16.5. The third-order valence-corrected chi connectivity index (χ3v) is 5.48. The Labute approximate surface area is 197 Å². The maximum atomic E-state index is 13.0. The molecular weight excluding hydrogens is 436 g/mol. The molecule has 7 nitrogen and oxygen atoms in total. The smallest absolute Gasteiger partial charge is 0.231 e. The fourth-order valence-electron chi connectivity index (χ4n) is 3.71. The molecule has 0 aromatic heterocycles. The third-order valence-electron chi connectivity index (χ3n) is 5.48. The van der Waals surface area contributed by atoms with Crippen LogP contribution in [0.2, 0.25) is 0 Å². The van der Waals surface area contributed by atoms with E-state index in [1.165, 1.54) is 21.3 Å². The molecule has 0 saturated carbocycles. The van der Waals surface area contributed by atoms with Crippen molar-refractivity contribution >= 4 is 17.6 Å². The number of Topliss-reactive ketones (excluding diaryl/α,β-unsaturated/α-hetero) is 2. The third kappa shape index (κ3) is 4.32. The van der Waals surface area contributed by atoms with Crippen LogP contribution < -0.4 is 23.7 Å². The van der Waals surface area contributed by atoms with Crippen molar-refractivity contribution < 1.29 is 33.3 Å². The van der Waals surface area contributed by atoms with Gasteiger partial charge in [0.25, 0.3) is 0 Å². The van der Waals surface area contributed by atoms with Gasteiger partial charge in [0.15, 0.2) is 29.6 Å². The van der Waals surface area contributed by atoms with Crippen LogP contribution in [0.5, 0.6) is 28.7 Å². The van der Waals surface area contributed by atoms with Crippen molar-refractivity contribution in [1.29, 1.82) is 0 Å². The minimum atomic E-state index is -0.251. The van der Waals surface area contributed by atoms with E-state index in [0.29, 0.717) is 51.0 Å². The van der Waals surface area contributed by atoms with E-state index >= 15 is 0 Å². The van der Waals surface area contributed by atoms with Crippen LogP contribution in [0.15, 0.2) is 60.4 Å². The fourth-order valence-corrected chi connectivity index (χ4v) is 3.71. The average molecular weight is 460 g/mol. The Morgan fingerprint density at radius 2 is 1.59 bits per heavy atom. The number of rotatable bonds is 8. The summed E-state index contributed by atoms with van der Waals surface area (Å²) in [7, 11) is 4.57. The Hall–Kier alpha value is -4.26. The number of hydrogen-bond donors (Lipinski definition) is 0. The standard InChI is InChI=1S/C27H24O7/c1-16-21(33-15-20(28)18-8-6-5-7-9-18)11-10-19-25(29)22(34-26(16)19)12-17-13-23(30-2)27(32-4)24(14-17)31-3/h5-14H,15H2,1-4H3/b22-12-. The Morgan fingerprint density at radius 3 is 2.21 bits per heavy atom. The van der Waals surface area contributed by atoms with Crippen LogP contribution in [0.3, 0.4) is 0 Å². The molecule has 0 aliphatic carbocycles. The minimum Gasteiger partial charge on any atom is -0.493 e. The quantitative estimate of drug-likeness (QED) is 0.349. The van der Waals surface area contributed by atoms with Crippen molar-refractivity contribution in [3.8, 4) is 28.7 Å². The maximum Gasteiger partial charge on any atom is 0.231 e. The van der Waals surface area contributed by atoms with Gasteiger partial charge in [0.2, 0.25) is 11.5 Å². The Balaban J connectivity index is 1.58. The highest BCUT2D eigenvalue weighted by Crippen LogP contribution is 2.41. The van der Waals surface area contributed by atoms with Gasteiger partial charge >= 0.3 is 0 Å². The van der Waals surface area contributed by atoms with E-state index in [4.69, 9.17) is 23.7 Å². The van der Waals surface area contributed by atoms with Crippen molar-refractivity contribution in [2.75, 3.05) is 27.9 Å². The van der Waals surface area contributed by atoms with Crippen molar-refractivity contribution in [3.05, 3.63) is 82.6 Å². The normalized spacial score (nSPS) is 13.3. The molecule has 1 aliphatic heterocycles. The van der Waals surface area contributed by atoms with E-state index in [9.17, 15) is 9.59 Å². The largest absolute Gasteiger partial charge is 0.493 e. The molecule has 7 heteroatoms. The molecule has 0 fully saturated rings. The summed E-state index contributed by atoms with van der Waals surface area (Å²) in [5, 5.41) is 0. The summed E-state index contributed by atoms with van der Waals surface area (Å²) < 4.78 is 27.8. The summed E-state index contributed by atoms with van der Waals surface area (Å²) in [5.41, 5.74) is 2.29. The molecule has 3 aromatic carbocycles. The Morgan fingerprint density at radius 1 is 0.912 bits per heavy atom. The number of carbonyl (C=O) groups is 2. The molecule has 4 rings (SSSR count). The lowest BCUT2D eigenvalue weighted by Gasteiger charge is -2.13. The number of allylic oxidation sites excluding steroid dienone is 1. The van der Waals surface area contributed by atoms with Gasteiger partial charge in [-0.3, -0.25) is 9.59 Å². The number of benzene rings is 3. The molecule has 1 heterocycles. The first-order valence-electron chi connectivity index (χ1n) is 10.6. The lowest BCUT2D eigenvalue weighted by Crippen LogP contribution is -2.12. The number of fused-ring (bicyclic) bond motifs is 1. The molecule has 0 N–H and O–H groups in total. The molecule has 0 atom stereocenters. The molecule has 3 aromatic rings. The number of ether oxygens (including phenoxy) is 5. The van der Waals surface area contributed by atoms with Gasteiger partial charge in [-0.2, -0.15) is 0 Å². The van der Waals surface area contributed by atoms with Crippen LogP contribution >= 0.6 is 0 Å². The van der Waals surface area contributed by atoms with Crippen LogP contribution in [-0.2, 0) is 0 Å². The summed E-state index contributed by atoms with van der Waals surface area (Å²) in [6.45, 7) is 1.67. The zero-order valence-electron chi connectivity index (χ0n) is 19.3. The van der Waals surface area contributed by atoms with Gasteiger partial charge in [-0.25, -0.2) is 0 Å². The summed E-state index contributed by atoms with van der Waals surface area (Å²) >= 11 is 0. The topological polar surface area (TPSA) is 80.3 Å². The van der Waals surface area contributed by atoms with Gasteiger partial charge in [-0.15, -0.1) is 0 Å². The number of hydrogen-bond acceptors (Lipinski definition) is 7. The summed E-state index contributed by atoms with van der Waals surface area (Å²) in [6, 6.07) is 15.7. The van der Waals surface area contributed by atoms with E-state index in [2.05, 4.69) is 0 Å². The maximum absolute atomic E-state index is 13.0. The van der Waals surface area contributed by atoms with E-state index in [1.54, 1.807) is 61.5 Å². The van der Waals surface area contributed by atoms with Crippen molar-refractivity contribution in [2.24, 2.45) is 0 Å². The van der Waals surface area contributed by atoms with Gasteiger partial charge in [-0.1, -0.05) is 30.3 Å². The molecule has 0 unspecified atom stereocenters. The van der Waals surface area contributed by atoms with Crippen LogP contribution in [0.25, 0.3) is 6.08 Å². The Bertz CT molecular complexity index is 1250. The molecule has 0 bridgehead atoms. The van der Waals surface area contributed by atoms with Crippen LogP contribution in [-0.4, -0.2) is 39.5 Å². The first-order valence-corrected chi connectivity index (χ1v) is 10.6. The predicted octanol–water partition coefficient (Wildman–Crippen LogP) is 4.90. The second-order valence-corrected chi connectivity index (χ2v) is 7.54. The van der Waals surface area contributed by atoms with E-state index in [1.807, 2.05) is 6.07 Å². The molecule has 34 heavy (non-hydrogen) atoms. The van der Waals surface area contributed by atoms with Gasteiger partial charge in [-0.05, 0) is 42.8 Å². The number of methoxy groups -OCH3 is 3. The molecule has 0 amide bonds. The van der Waals surface area contributed by atoms with Crippen molar-refractivity contribution in [2.45, 2.75) is 6.92 Å². The molecule has 174 valence electrons. The SMILES string of the molecule is COc1cc(/C=C2\Oc3c(ccc(OCC(=O)c4ccccc4)c3C)C2=O)cc(OC)c1OC. The minimum absolute atomic E-state index is 0.119. The Kier molecular flexibility index (Phi) is 6.54. The summed E-state index contributed by atoms with van der Waals surface area (Å²) in [6.07, 6.45) is 1.62. The second-order valence-electron chi connectivity index (χ2n) is 7.54. The zero-order chi connectivity index (χ0) is 24.2. The molecule has 1 aliphatic rings. The first-order chi connectivity index (χ1) is 16.5. The van der Waals surface area contributed by atoms with E-state index < -0.39 is 0 Å². The highest BCUT2D eigenvalue weighted by molar-refractivity contribution is 6.15. The summed E-state index contributed by atoms with van der Waals surface area (Å²) in [4.78, 5) is 25.3. The highest BCUT2D eigenvalue weighted by Gasteiger charge is 2.30. The van der Waals surface area contributed by atoms with Gasteiger partial charge in [0, 0.05) is 11.1 Å². The molecule has 0 spiro atoms. The van der Waals surface area contributed by atoms with Crippen LogP contribution in [0, 0.1) is 6.92 Å². The van der Waals surface area contributed by atoms with Gasteiger partial charge < -0.3 is 23.7 Å². The van der Waals surface area contributed by atoms with E-state index in [-0.39, 0.29) is 23.9 Å². The van der Waals surface area contributed by atoms with Gasteiger partial charge in [0.05, 0.1) is 26.9 Å². The van der Waals surface area contributed by atoms with Crippen molar-refractivity contribution in [3.63, 3.8) is 0 Å². The van der Waals surface area contributed by atoms with Crippen molar-refractivity contribution in [1.82, 2.24) is 0 Å². The molecular formula is C27H24O7. The predicted molar refractivity (Wildman–Crippen MR) is 126 cm³/mol. The molecule has 0 saturated heterocycles. The molecule has 0 radical (unpaired) electrons. The lowest BCUT2D eigenvalue weighted by molar-refractivity contribution is 0.0920.